The highest BCUT2D eigenvalue weighted by atomic mass is 16.5. The minimum absolute atomic E-state index is 0.350. The lowest BCUT2D eigenvalue weighted by Gasteiger charge is -2.62. The molecular formula is C25H42O2. The van der Waals surface area contributed by atoms with Crippen molar-refractivity contribution in [2.24, 2.45) is 46.3 Å². The Hall–Kier alpha value is -0.340. The van der Waals surface area contributed by atoms with Gasteiger partial charge in [0.2, 0.25) is 0 Å². The molecule has 4 aliphatic carbocycles. The molecule has 4 fully saturated rings. The highest BCUT2D eigenvalue weighted by Gasteiger charge is 2.61. The van der Waals surface area contributed by atoms with E-state index >= 15 is 0 Å². The van der Waals surface area contributed by atoms with Crippen LogP contribution in [0.3, 0.4) is 0 Å². The number of hydrogen-bond donors (Lipinski definition) is 1. The monoisotopic (exact) mass is 374 g/mol. The Kier molecular flexibility index (Phi) is 5.08. The number of rotatable bonds is 4. The van der Waals surface area contributed by atoms with Gasteiger partial charge in [0, 0.05) is 13.7 Å². The largest absolute Gasteiger partial charge is 0.390 e. The molecule has 9 atom stereocenters. The minimum Gasteiger partial charge on any atom is -0.390 e. The van der Waals surface area contributed by atoms with Gasteiger partial charge in [0.25, 0.3) is 0 Å². The summed E-state index contributed by atoms with van der Waals surface area (Å²) in [4.78, 5) is 0. The van der Waals surface area contributed by atoms with Crippen LogP contribution < -0.4 is 0 Å². The maximum Gasteiger partial charge on any atom is 0.0622 e. The van der Waals surface area contributed by atoms with Gasteiger partial charge in [-0.05, 0) is 111 Å². The molecule has 0 saturated heterocycles. The number of hydrogen-bond acceptors (Lipinski definition) is 2. The van der Waals surface area contributed by atoms with E-state index in [-0.39, 0.29) is 0 Å². The SMILES string of the molecule is C=C[C@]12CC[C@H]3[C@@H](CC[C@@H]4C[C@](C)(O)CC[C@@]43C)[C@@H]1CC[C@@H]2[C@H](C)COC. The molecule has 0 heterocycles. The van der Waals surface area contributed by atoms with E-state index in [2.05, 4.69) is 33.4 Å². The summed E-state index contributed by atoms with van der Waals surface area (Å²) in [7, 11) is 1.85. The Morgan fingerprint density at radius 2 is 1.85 bits per heavy atom. The van der Waals surface area contributed by atoms with Crippen molar-refractivity contribution in [2.45, 2.75) is 84.2 Å². The Morgan fingerprint density at radius 1 is 1.07 bits per heavy atom. The highest BCUT2D eigenvalue weighted by Crippen LogP contribution is 2.69. The standard InChI is InChI=1S/C25H42O2/c1-6-25-12-11-21-19(22(25)10-9-20(25)17(2)16-27-5)8-7-18-15-23(3,26)13-14-24(18,21)4/h6,17-22,26H,1,7-16H2,2-5H3/t17-,18-,19-,20-,21+,22+,23-,24+,25-/m1/s1. The molecule has 0 aromatic rings. The van der Waals surface area contributed by atoms with E-state index in [1.165, 1.54) is 44.9 Å². The zero-order valence-corrected chi connectivity index (χ0v) is 18.2. The van der Waals surface area contributed by atoms with E-state index < -0.39 is 5.60 Å². The first-order valence-electron chi connectivity index (χ1n) is 11.6. The zero-order valence-electron chi connectivity index (χ0n) is 18.2. The van der Waals surface area contributed by atoms with Gasteiger partial charge in [-0.2, -0.15) is 0 Å². The van der Waals surface area contributed by atoms with Crippen molar-refractivity contribution >= 4 is 0 Å². The van der Waals surface area contributed by atoms with Crippen LogP contribution in [-0.2, 0) is 4.74 Å². The molecule has 0 bridgehead atoms. The van der Waals surface area contributed by atoms with Crippen molar-refractivity contribution < 1.29 is 9.84 Å². The van der Waals surface area contributed by atoms with Crippen LogP contribution in [0.15, 0.2) is 12.7 Å². The van der Waals surface area contributed by atoms with Gasteiger partial charge in [-0.1, -0.05) is 19.9 Å². The molecule has 154 valence electrons. The van der Waals surface area contributed by atoms with Crippen LogP contribution in [0.2, 0.25) is 0 Å². The number of fused-ring (bicyclic) bond motifs is 5. The van der Waals surface area contributed by atoms with E-state index in [4.69, 9.17) is 4.74 Å². The molecule has 1 N–H and O–H groups in total. The van der Waals surface area contributed by atoms with Gasteiger partial charge in [0.05, 0.1) is 5.60 Å². The van der Waals surface area contributed by atoms with Gasteiger partial charge < -0.3 is 9.84 Å². The number of aliphatic hydroxyl groups is 1. The molecule has 0 aliphatic heterocycles. The maximum atomic E-state index is 10.7. The van der Waals surface area contributed by atoms with Crippen molar-refractivity contribution in [1.29, 1.82) is 0 Å². The molecule has 0 amide bonds. The van der Waals surface area contributed by atoms with E-state index in [0.29, 0.717) is 16.7 Å². The second-order valence-corrected chi connectivity index (χ2v) is 11.3. The lowest BCUT2D eigenvalue weighted by Crippen LogP contribution is -2.55. The summed E-state index contributed by atoms with van der Waals surface area (Å²) < 4.78 is 5.54. The molecule has 2 nitrogen and oxygen atoms in total. The summed E-state index contributed by atoms with van der Waals surface area (Å²) in [6.45, 7) is 12.3. The van der Waals surface area contributed by atoms with Crippen molar-refractivity contribution in [3.63, 3.8) is 0 Å². The van der Waals surface area contributed by atoms with Gasteiger partial charge in [-0.3, -0.25) is 0 Å². The van der Waals surface area contributed by atoms with Gasteiger partial charge in [0.15, 0.2) is 0 Å². The number of ether oxygens (including phenoxy) is 1. The van der Waals surface area contributed by atoms with E-state index in [9.17, 15) is 5.11 Å². The van der Waals surface area contributed by atoms with Crippen molar-refractivity contribution in [1.82, 2.24) is 0 Å². The van der Waals surface area contributed by atoms with Gasteiger partial charge >= 0.3 is 0 Å². The van der Waals surface area contributed by atoms with Crippen LogP contribution in [-0.4, -0.2) is 24.4 Å². The molecule has 4 saturated carbocycles. The van der Waals surface area contributed by atoms with E-state index in [1.54, 1.807) is 0 Å². The predicted octanol–water partition coefficient (Wildman–Crippen LogP) is 5.84. The molecule has 4 rings (SSSR count). The van der Waals surface area contributed by atoms with E-state index in [1.807, 2.05) is 7.11 Å². The average molecular weight is 375 g/mol. The van der Waals surface area contributed by atoms with Crippen LogP contribution in [0.4, 0.5) is 0 Å². The Morgan fingerprint density at radius 3 is 2.56 bits per heavy atom. The maximum absolute atomic E-state index is 10.7. The molecule has 4 aliphatic rings. The van der Waals surface area contributed by atoms with Crippen molar-refractivity contribution in [2.75, 3.05) is 13.7 Å². The first kappa shape index (κ1) is 20.0. The van der Waals surface area contributed by atoms with Crippen LogP contribution in [0.25, 0.3) is 0 Å². The van der Waals surface area contributed by atoms with Crippen molar-refractivity contribution in [3.8, 4) is 0 Å². The highest BCUT2D eigenvalue weighted by molar-refractivity contribution is 5.16. The fourth-order valence-corrected chi connectivity index (χ4v) is 8.80. The lowest BCUT2D eigenvalue weighted by molar-refractivity contribution is -0.143. The Bertz CT molecular complexity index is 569. The lowest BCUT2D eigenvalue weighted by atomic mass is 9.43. The molecule has 0 unspecified atom stereocenters. The van der Waals surface area contributed by atoms with Gasteiger partial charge in [0.1, 0.15) is 0 Å². The van der Waals surface area contributed by atoms with Crippen LogP contribution in [0.1, 0.15) is 78.6 Å². The molecule has 0 radical (unpaired) electrons. The summed E-state index contributed by atoms with van der Waals surface area (Å²) >= 11 is 0. The molecule has 0 spiro atoms. The number of methoxy groups -OCH3 is 1. The molecule has 2 heteroatoms. The molecule has 0 aromatic carbocycles. The first-order valence-corrected chi connectivity index (χ1v) is 11.6. The van der Waals surface area contributed by atoms with Crippen LogP contribution in [0, 0.1) is 46.3 Å². The Labute approximate surface area is 167 Å². The molecule has 27 heavy (non-hydrogen) atoms. The number of allylic oxidation sites excluding steroid dienone is 1. The minimum atomic E-state index is -0.426. The van der Waals surface area contributed by atoms with Crippen LogP contribution in [0.5, 0.6) is 0 Å². The second-order valence-electron chi connectivity index (χ2n) is 11.3. The fourth-order valence-electron chi connectivity index (χ4n) is 8.80. The van der Waals surface area contributed by atoms with Crippen molar-refractivity contribution in [3.05, 3.63) is 12.7 Å². The summed E-state index contributed by atoms with van der Waals surface area (Å²) in [6, 6.07) is 0. The summed E-state index contributed by atoms with van der Waals surface area (Å²) in [5.41, 5.74) is 0.377. The van der Waals surface area contributed by atoms with Gasteiger partial charge in [-0.25, -0.2) is 0 Å². The summed E-state index contributed by atoms with van der Waals surface area (Å²) in [5, 5.41) is 10.7. The Balaban J connectivity index is 1.60. The average Bonchev–Trinajstić information content (AvgIpc) is 3.02. The third kappa shape index (κ3) is 2.96. The smallest absolute Gasteiger partial charge is 0.0622 e. The van der Waals surface area contributed by atoms with E-state index in [0.717, 1.165) is 49.0 Å². The van der Waals surface area contributed by atoms with Crippen LogP contribution >= 0.6 is 0 Å². The molecule has 0 aromatic heterocycles. The third-order valence-electron chi connectivity index (χ3n) is 10.1. The third-order valence-corrected chi connectivity index (χ3v) is 10.1. The van der Waals surface area contributed by atoms with Gasteiger partial charge in [-0.15, -0.1) is 6.58 Å². The molecular weight excluding hydrogens is 332 g/mol. The fraction of sp³-hybridized carbons (Fsp3) is 0.920. The zero-order chi connectivity index (χ0) is 19.4. The quantitative estimate of drug-likeness (QED) is 0.626. The predicted molar refractivity (Wildman–Crippen MR) is 111 cm³/mol. The normalized spacial score (nSPS) is 53.1. The summed E-state index contributed by atoms with van der Waals surface area (Å²) in [6.07, 6.45) is 13.8. The topological polar surface area (TPSA) is 29.5 Å². The summed E-state index contributed by atoms with van der Waals surface area (Å²) in [5.74, 6) is 4.68. The second kappa shape index (κ2) is 6.87. The first-order chi connectivity index (χ1) is 12.8.